The lowest BCUT2D eigenvalue weighted by Gasteiger charge is -2.24. The Bertz CT molecular complexity index is 715. The Labute approximate surface area is 147 Å². The van der Waals surface area contributed by atoms with Crippen LogP contribution in [-0.2, 0) is 6.54 Å². The maximum absolute atomic E-state index is 11.8. The van der Waals surface area contributed by atoms with Crippen molar-refractivity contribution in [1.29, 1.82) is 0 Å². The van der Waals surface area contributed by atoms with E-state index >= 15 is 0 Å². The van der Waals surface area contributed by atoms with Gasteiger partial charge < -0.3 is 9.80 Å². The Balaban J connectivity index is 1.93. The molecule has 0 spiro atoms. The fraction of sp³-hybridized carbons (Fsp3) is 0.444. The van der Waals surface area contributed by atoms with Crippen molar-refractivity contribution in [2.24, 2.45) is 0 Å². The third-order valence-electron chi connectivity index (χ3n) is 4.50. The van der Waals surface area contributed by atoms with Gasteiger partial charge in [-0.15, -0.1) is 0 Å². The lowest BCUT2D eigenvalue weighted by atomic mass is 10.2. The van der Waals surface area contributed by atoms with Gasteiger partial charge in [0, 0.05) is 26.7 Å². The number of hydrogen-bond acceptors (Lipinski definition) is 6. The molecule has 0 saturated carbocycles. The monoisotopic (exact) mass is 341 g/mol. The highest BCUT2D eigenvalue weighted by Gasteiger charge is 2.29. The van der Waals surface area contributed by atoms with Crippen LogP contribution in [0.2, 0.25) is 0 Å². The van der Waals surface area contributed by atoms with Gasteiger partial charge in [0.1, 0.15) is 6.33 Å². The third kappa shape index (κ3) is 4.04. The van der Waals surface area contributed by atoms with Crippen LogP contribution in [0.3, 0.4) is 0 Å². The predicted octanol–water partition coefficient (Wildman–Crippen LogP) is 3.40. The SMILES string of the molecule is CN(Cc1ccccc1)c1ncnc(N2CCCCCC2)c1[N+](=O)[O-]. The van der Waals surface area contributed by atoms with E-state index in [0.29, 0.717) is 18.2 Å². The topological polar surface area (TPSA) is 75.4 Å². The Morgan fingerprint density at radius 1 is 1.12 bits per heavy atom. The number of nitro groups is 1. The molecule has 2 aromatic rings. The maximum atomic E-state index is 11.8. The summed E-state index contributed by atoms with van der Waals surface area (Å²) in [6, 6.07) is 9.87. The van der Waals surface area contributed by atoms with Crippen molar-refractivity contribution in [3.63, 3.8) is 0 Å². The lowest BCUT2D eigenvalue weighted by molar-refractivity contribution is -0.383. The van der Waals surface area contributed by atoms with Crippen molar-refractivity contribution in [2.75, 3.05) is 29.9 Å². The lowest BCUT2D eigenvalue weighted by Crippen LogP contribution is -2.27. The first-order valence-corrected chi connectivity index (χ1v) is 8.66. The normalized spacial score (nSPS) is 14.8. The van der Waals surface area contributed by atoms with Gasteiger partial charge in [-0.3, -0.25) is 10.1 Å². The fourth-order valence-electron chi connectivity index (χ4n) is 3.25. The van der Waals surface area contributed by atoms with E-state index in [2.05, 4.69) is 9.97 Å². The molecule has 7 nitrogen and oxygen atoms in total. The molecule has 1 saturated heterocycles. The van der Waals surface area contributed by atoms with Gasteiger partial charge in [-0.25, -0.2) is 9.97 Å². The van der Waals surface area contributed by atoms with E-state index in [4.69, 9.17) is 0 Å². The molecule has 1 aromatic carbocycles. The Kier molecular flexibility index (Phi) is 5.42. The van der Waals surface area contributed by atoms with Crippen molar-refractivity contribution >= 4 is 17.3 Å². The zero-order valence-electron chi connectivity index (χ0n) is 14.5. The summed E-state index contributed by atoms with van der Waals surface area (Å²) in [7, 11) is 1.83. The highest BCUT2D eigenvalue weighted by atomic mass is 16.6. The van der Waals surface area contributed by atoms with E-state index in [1.54, 1.807) is 0 Å². The molecule has 25 heavy (non-hydrogen) atoms. The molecule has 0 radical (unpaired) electrons. The van der Waals surface area contributed by atoms with Crippen molar-refractivity contribution in [3.05, 3.63) is 52.3 Å². The van der Waals surface area contributed by atoms with Gasteiger partial charge in [-0.1, -0.05) is 43.2 Å². The second kappa shape index (κ2) is 7.92. The summed E-state index contributed by atoms with van der Waals surface area (Å²) in [5.74, 6) is 0.805. The summed E-state index contributed by atoms with van der Waals surface area (Å²) >= 11 is 0. The summed E-state index contributed by atoms with van der Waals surface area (Å²) in [6.07, 6.45) is 5.84. The first-order valence-electron chi connectivity index (χ1n) is 8.66. The Morgan fingerprint density at radius 3 is 2.44 bits per heavy atom. The van der Waals surface area contributed by atoms with Crippen LogP contribution >= 0.6 is 0 Å². The number of rotatable bonds is 5. The maximum Gasteiger partial charge on any atom is 0.353 e. The van der Waals surface area contributed by atoms with E-state index < -0.39 is 0 Å². The molecule has 0 amide bonds. The van der Waals surface area contributed by atoms with Gasteiger partial charge in [0.2, 0.25) is 11.6 Å². The first kappa shape index (κ1) is 17.1. The van der Waals surface area contributed by atoms with Crippen LogP contribution in [-0.4, -0.2) is 35.0 Å². The zero-order chi connectivity index (χ0) is 17.6. The summed E-state index contributed by atoms with van der Waals surface area (Å²) < 4.78 is 0. The molecule has 0 atom stereocenters. The molecule has 1 aliphatic heterocycles. The van der Waals surface area contributed by atoms with Crippen molar-refractivity contribution in [3.8, 4) is 0 Å². The molecule has 0 aliphatic carbocycles. The van der Waals surface area contributed by atoms with Gasteiger partial charge in [-0.2, -0.15) is 0 Å². The second-order valence-corrected chi connectivity index (χ2v) is 6.37. The average Bonchev–Trinajstić information content (AvgIpc) is 2.91. The second-order valence-electron chi connectivity index (χ2n) is 6.37. The fourth-order valence-corrected chi connectivity index (χ4v) is 3.25. The van der Waals surface area contributed by atoms with Crippen molar-refractivity contribution in [1.82, 2.24) is 9.97 Å². The molecule has 132 valence electrons. The Morgan fingerprint density at radius 2 is 1.80 bits per heavy atom. The summed E-state index contributed by atoms with van der Waals surface area (Å²) in [5.41, 5.74) is 1.08. The molecule has 0 unspecified atom stereocenters. The number of anilines is 2. The quantitative estimate of drug-likeness (QED) is 0.613. The third-order valence-corrected chi connectivity index (χ3v) is 4.50. The number of benzene rings is 1. The van der Waals surface area contributed by atoms with E-state index in [0.717, 1.165) is 44.3 Å². The van der Waals surface area contributed by atoms with Crippen molar-refractivity contribution in [2.45, 2.75) is 32.2 Å². The van der Waals surface area contributed by atoms with Gasteiger partial charge in [-0.05, 0) is 18.4 Å². The van der Waals surface area contributed by atoms with Crippen LogP contribution in [0.1, 0.15) is 31.2 Å². The van der Waals surface area contributed by atoms with Crippen LogP contribution in [0, 0.1) is 10.1 Å². The molecule has 0 N–H and O–H groups in total. The number of nitrogens with zero attached hydrogens (tertiary/aromatic N) is 5. The Hall–Kier alpha value is -2.70. The molecule has 2 heterocycles. The zero-order valence-corrected chi connectivity index (χ0v) is 14.5. The molecule has 1 fully saturated rings. The molecule has 3 rings (SSSR count). The van der Waals surface area contributed by atoms with E-state index in [-0.39, 0.29) is 10.6 Å². The number of hydrogen-bond donors (Lipinski definition) is 0. The first-order chi connectivity index (χ1) is 12.2. The molecular formula is C18H23N5O2. The van der Waals surface area contributed by atoms with Gasteiger partial charge in [0.25, 0.3) is 0 Å². The largest absolute Gasteiger partial charge is 0.353 e. The number of aromatic nitrogens is 2. The van der Waals surface area contributed by atoms with Crippen LogP contribution in [0.4, 0.5) is 17.3 Å². The summed E-state index contributed by atoms with van der Waals surface area (Å²) in [4.78, 5) is 23.8. The average molecular weight is 341 g/mol. The molecule has 1 aromatic heterocycles. The van der Waals surface area contributed by atoms with E-state index in [9.17, 15) is 10.1 Å². The van der Waals surface area contributed by atoms with E-state index in [1.165, 1.54) is 6.33 Å². The van der Waals surface area contributed by atoms with Crippen LogP contribution in [0.15, 0.2) is 36.7 Å². The van der Waals surface area contributed by atoms with Crippen LogP contribution in [0.25, 0.3) is 0 Å². The standard InChI is InChI=1S/C18H23N5O2/c1-21(13-15-9-5-4-6-10-15)17-16(23(24)25)18(20-14-19-17)22-11-7-2-3-8-12-22/h4-6,9-10,14H,2-3,7-8,11-13H2,1H3. The highest BCUT2D eigenvalue weighted by Crippen LogP contribution is 2.35. The van der Waals surface area contributed by atoms with Crippen molar-refractivity contribution < 1.29 is 4.92 Å². The van der Waals surface area contributed by atoms with E-state index in [1.807, 2.05) is 47.2 Å². The minimum absolute atomic E-state index is 0.00262. The molecule has 7 heteroatoms. The minimum atomic E-state index is -0.350. The minimum Gasteiger partial charge on any atom is -0.351 e. The molecular weight excluding hydrogens is 318 g/mol. The van der Waals surface area contributed by atoms with Gasteiger partial charge in [0.15, 0.2) is 0 Å². The van der Waals surface area contributed by atoms with Crippen LogP contribution < -0.4 is 9.80 Å². The smallest absolute Gasteiger partial charge is 0.351 e. The molecule has 1 aliphatic rings. The van der Waals surface area contributed by atoms with Crippen LogP contribution in [0.5, 0.6) is 0 Å². The van der Waals surface area contributed by atoms with Gasteiger partial charge >= 0.3 is 5.69 Å². The van der Waals surface area contributed by atoms with Gasteiger partial charge in [0.05, 0.1) is 4.92 Å². The summed E-state index contributed by atoms with van der Waals surface area (Å²) in [6.45, 7) is 2.16. The molecule has 0 bridgehead atoms. The summed E-state index contributed by atoms with van der Waals surface area (Å²) in [5, 5.41) is 11.8. The predicted molar refractivity (Wildman–Crippen MR) is 97.9 cm³/mol. The highest BCUT2D eigenvalue weighted by molar-refractivity contribution is 5.71.